The molecule has 0 bridgehead atoms. The molecule has 2 fully saturated rings. The third-order valence-electron chi connectivity index (χ3n) is 3.39. The van der Waals surface area contributed by atoms with Crippen molar-refractivity contribution in [2.45, 2.75) is 12.5 Å². The van der Waals surface area contributed by atoms with E-state index in [9.17, 15) is 0 Å². The number of rotatable bonds is 2. The van der Waals surface area contributed by atoms with Crippen LogP contribution < -0.4 is 5.32 Å². The topological polar surface area (TPSA) is 41.5 Å². The van der Waals surface area contributed by atoms with Gasteiger partial charge in [0.05, 0.1) is 6.10 Å². The molecule has 0 spiro atoms. The molecule has 1 aliphatic carbocycles. The van der Waals surface area contributed by atoms with Crippen LogP contribution in [0.5, 0.6) is 0 Å². The van der Waals surface area contributed by atoms with Gasteiger partial charge in [0.1, 0.15) is 0 Å². The van der Waals surface area contributed by atoms with Crippen molar-refractivity contribution in [1.82, 2.24) is 5.32 Å². The lowest BCUT2D eigenvalue weighted by Gasteiger charge is -2.20. The highest BCUT2D eigenvalue weighted by atomic mass is 16.5. The van der Waals surface area contributed by atoms with Gasteiger partial charge in [-0.15, -0.1) is 0 Å². The van der Waals surface area contributed by atoms with E-state index in [-0.39, 0.29) is 12.7 Å². The van der Waals surface area contributed by atoms with E-state index in [0.29, 0.717) is 11.8 Å². The Labute approximate surface area is 73.1 Å². The van der Waals surface area contributed by atoms with Crippen LogP contribution in [0.15, 0.2) is 0 Å². The van der Waals surface area contributed by atoms with E-state index in [0.717, 1.165) is 25.4 Å². The maximum atomic E-state index is 9.12. The molecule has 70 valence electrons. The molecule has 4 atom stereocenters. The summed E-state index contributed by atoms with van der Waals surface area (Å²) in [6.45, 7) is 2.46. The Bertz CT molecular complexity index is 163. The van der Waals surface area contributed by atoms with Gasteiger partial charge in [0.15, 0.2) is 0 Å². The zero-order chi connectivity index (χ0) is 8.55. The lowest BCUT2D eigenvalue weighted by molar-refractivity contribution is 0.0200. The van der Waals surface area contributed by atoms with Gasteiger partial charge < -0.3 is 15.2 Å². The van der Waals surface area contributed by atoms with Crippen LogP contribution in [-0.2, 0) is 4.74 Å². The van der Waals surface area contributed by atoms with Crippen LogP contribution in [0.25, 0.3) is 0 Å². The zero-order valence-corrected chi connectivity index (χ0v) is 7.49. The Kier molecular flexibility index (Phi) is 2.35. The smallest absolute Gasteiger partial charge is 0.0664 e. The Morgan fingerprint density at radius 1 is 1.50 bits per heavy atom. The molecule has 2 aliphatic rings. The van der Waals surface area contributed by atoms with Crippen molar-refractivity contribution in [3.05, 3.63) is 0 Å². The first kappa shape index (κ1) is 8.48. The second kappa shape index (κ2) is 3.32. The predicted molar refractivity (Wildman–Crippen MR) is 45.8 cm³/mol. The fraction of sp³-hybridized carbons (Fsp3) is 1.00. The third-order valence-corrected chi connectivity index (χ3v) is 3.39. The van der Waals surface area contributed by atoms with Crippen molar-refractivity contribution in [3.8, 4) is 0 Å². The maximum absolute atomic E-state index is 9.12. The average Bonchev–Trinajstić information content (AvgIpc) is 2.61. The molecule has 12 heavy (non-hydrogen) atoms. The zero-order valence-electron chi connectivity index (χ0n) is 7.49. The Balaban J connectivity index is 2.05. The summed E-state index contributed by atoms with van der Waals surface area (Å²) in [6, 6.07) is 0. The number of hydrogen-bond donors (Lipinski definition) is 2. The van der Waals surface area contributed by atoms with Gasteiger partial charge in [0.25, 0.3) is 0 Å². The SMILES string of the molecule is CO[C@@H]1[C@H](CO)C[C@@H]2CNC[C@@H]21. The number of fused-ring (bicyclic) bond motifs is 1. The van der Waals surface area contributed by atoms with Gasteiger partial charge in [-0.3, -0.25) is 0 Å². The molecule has 0 radical (unpaired) electrons. The first-order chi connectivity index (χ1) is 5.86. The minimum atomic E-state index is 0.283. The van der Waals surface area contributed by atoms with E-state index in [2.05, 4.69) is 5.32 Å². The highest BCUT2D eigenvalue weighted by Crippen LogP contribution is 2.39. The fourth-order valence-corrected chi connectivity index (χ4v) is 2.81. The van der Waals surface area contributed by atoms with Crippen molar-refractivity contribution >= 4 is 0 Å². The molecule has 0 aromatic carbocycles. The second-order valence-electron chi connectivity index (χ2n) is 3.96. The summed E-state index contributed by atoms with van der Waals surface area (Å²) in [7, 11) is 1.76. The third kappa shape index (κ3) is 1.16. The van der Waals surface area contributed by atoms with E-state index in [1.165, 1.54) is 0 Å². The van der Waals surface area contributed by atoms with Crippen LogP contribution in [0, 0.1) is 17.8 Å². The van der Waals surface area contributed by atoms with Crippen molar-refractivity contribution in [3.63, 3.8) is 0 Å². The summed E-state index contributed by atoms with van der Waals surface area (Å²) in [5, 5.41) is 12.5. The molecule has 0 unspecified atom stereocenters. The lowest BCUT2D eigenvalue weighted by atomic mass is 9.99. The van der Waals surface area contributed by atoms with Gasteiger partial charge in [-0.05, 0) is 18.9 Å². The quantitative estimate of drug-likeness (QED) is 0.607. The number of aliphatic hydroxyl groups excluding tert-OH is 1. The van der Waals surface area contributed by atoms with Gasteiger partial charge >= 0.3 is 0 Å². The van der Waals surface area contributed by atoms with Gasteiger partial charge in [-0.25, -0.2) is 0 Å². The van der Waals surface area contributed by atoms with Crippen LogP contribution in [0.4, 0.5) is 0 Å². The minimum absolute atomic E-state index is 0.283. The van der Waals surface area contributed by atoms with Crippen LogP contribution in [0.2, 0.25) is 0 Å². The Morgan fingerprint density at radius 3 is 3.00 bits per heavy atom. The normalized spacial score (nSPS) is 46.5. The molecule has 1 saturated heterocycles. The van der Waals surface area contributed by atoms with E-state index in [1.54, 1.807) is 7.11 Å². The summed E-state index contributed by atoms with van der Waals surface area (Å²) >= 11 is 0. The molecule has 0 aromatic rings. The summed E-state index contributed by atoms with van der Waals surface area (Å²) in [5.41, 5.74) is 0. The summed E-state index contributed by atoms with van der Waals surface area (Å²) in [5.74, 6) is 1.77. The summed E-state index contributed by atoms with van der Waals surface area (Å²) < 4.78 is 5.43. The van der Waals surface area contributed by atoms with Crippen molar-refractivity contribution in [1.29, 1.82) is 0 Å². The summed E-state index contributed by atoms with van der Waals surface area (Å²) in [4.78, 5) is 0. The molecule has 0 aromatic heterocycles. The number of ether oxygens (including phenoxy) is 1. The molecular weight excluding hydrogens is 154 g/mol. The van der Waals surface area contributed by atoms with Crippen LogP contribution in [0.3, 0.4) is 0 Å². The van der Waals surface area contributed by atoms with E-state index >= 15 is 0 Å². The first-order valence-corrected chi connectivity index (χ1v) is 4.71. The molecule has 3 heteroatoms. The van der Waals surface area contributed by atoms with E-state index < -0.39 is 0 Å². The van der Waals surface area contributed by atoms with Crippen LogP contribution in [0.1, 0.15) is 6.42 Å². The Morgan fingerprint density at radius 2 is 2.33 bits per heavy atom. The number of nitrogens with one attached hydrogen (secondary N) is 1. The lowest BCUT2D eigenvalue weighted by Crippen LogP contribution is -2.29. The highest BCUT2D eigenvalue weighted by Gasteiger charge is 2.45. The fourth-order valence-electron chi connectivity index (χ4n) is 2.81. The van der Waals surface area contributed by atoms with E-state index in [1.807, 2.05) is 0 Å². The van der Waals surface area contributed by atoms with Gasteiger partial charge in [0, 0.05) is 32.1 Å². The summed E-state index contributed by atoms with van der Waals surface area (Å²) in [6.07, 6.45) is 1.42. The largest absolute Gasteiger partial charge is 0.396 e. The van der Waals surface area contributed by atoms with Crippen molar-refractivity contribution < 1.29 is 9.84 Å². The van der Waals surface area contributed by atoms with E-state index in [4.69, 9.17) is 9.84 Å². The van der Waals surface area contributed by atoms with Crippen LogP contribution in [-0.4, -0.2) is 38.0 Å². The molecule has 1 saturated carbocycles. The minimum Gasteiger partial charge on any atom is -0.396 e. The van der Waals surface area contributed by atoms with Gasteiger partial charge in [0.2, 0.25) is 0 Å². The van der Waals surface area contributed by atoms with Crippen molar-refractivity contribution in [2.75, 3.05) is 26.8 Å². The standard InChI is InChI=1S/C9H17NO2/c1-12-9-7(5-11)2-6-3-10-4-8(6)9/h6-11H,2-5H2,1H3/t6-,7+,8+,9-/m1/s1. The van der Waals surface area contributed by atoms with Gasteiger partial charge in [-0.1, -0.05) is 0 Å². The number of aliphatic hydroxyl groups is 1. The van der Waals surface area contributed by atoms with Gasteiger partial charge in [-0.2, -0.15) is 0 Å². The molecule has 2 rings (SSSR count). The second-order valence-corrected chi connectivity index (χ2v) is 3.96. The number of hydrogen-bond acceptors (Lipinski definition) is 3. The molecule has 1 aliphatic heterocycles. The predicted octanol–water partition coefficient (Wildman–Crippen LogP) is -0.151. The Hall–Kier alpha value is -0.120. The maximum Gasteiger partial charge on any atom is 0.0664 e. The number of methoxy groups -OCH3 is 1. The molecular formula is C9H17NO2. The molecule has 1 heterocycles. The first-order valence-electron chi connectivity index (χ1n) is 4.71. The molecule has 2 N–H and O–H groups in total. The monoisotopic (exact) mass is 171 g/mol. The van der Waals surface area contributed by atoms with Crippen molar-refractivity contribution in [2.24, 2.45) is 17.8 Å². The molecule has 0 amide bonds. The average molecular weight is 171 g/mol. The highest BCUT2D eigenvalue weighted by molar-refractivity contribution is 4.97. The van der Waals surface area contributed by atoms with Crippen LogP contribution >= 0.6 is 0 Å². The molecule has 3 nitrogen and oxygen atoms in total.